The van der Waals surface area contributed by atoms with Gasteiger partial charge < -0.3 is 0 Å². The van der Waals surface area contributed by atoms with Crippen molar-refractivity contribution in [1.29, 1.82) is 0 Å². The number of rotatable bonds is 4. The van der Waals surface area contributed by atoms with Gasteiger partial charge in [-0.2, -0.15) is 0 Å². The second-order valence-electron chi connectivity index (χ2n) is 7.67. The van der Waals surface area contributed by atoms with Crippen LogP contribution in [-0.4, -0.2) is 61.9 Å². The monoisotopic (exact) mass is 428 g/mol. The van der Waals surface area contributed by atoms with Crippen LogP contribution in [0.1, 0.15) is 38.1 Å². The Bertz CT molecular complexity index is 676. The summed E-state index contributed by atoms with van der Waals surface area (Å²) in [6.45, 7) is 7.50. The topological polar surface area (TPSA) is 63.2 Å². The summed E-state index contributed by atoms with van der Waals surface area (Å²) in [5.74, 6) is -1.44. The van der Waals surface area contributed by atoms with E-state index in [0.29, 0.717) is 5.32 Å². The molecule has 0 radical (unpaired) electrons. The minimum absolute atomic E-state index is 0.155. The molecule has 7 heteroatoms. The van der Waals surface area contributed by atoms with Crippen molar-refractivity contribution in [2.75, 3.05) is 0 Å². The molecular weight excluding hydrogens is 403 g/mol. The molecule has 1 aromatic rings. The Hall–Kier alpha value is -0.791. The van der Waals surface area contributed by atoms with Crippen LogP contribution in [-0.2, 0) is 23.7 Å². The van der Waals surface area contributed by atoms with E-state index in [9.17, 15) is 4.79 Å². The van der Waals surface area contributed by atoms with Crippen molar-refractivity contribution in [3.63, 3.8) is 0 Å². The van der Waals surface area contributed by atoms with Gasteiger partial charge in [0.05, 0.1) is 0 Å². The van der Waals surface area contributed by atoms with Gasteiger partial charge in [0.25, 0.3) is 0 Å². The van der Waals surface area contributed by atoms with E-state index in [1.54, 1.807) is 0 Å². The summed E-state index contributed by atoms with van der Waals surface area (Å²) in [6, 6.07) is 9.36. The van der Waals surface area contributed by atoms with Crippen LogP contribution in [0.5, 0.6) is 0 Å². The number of hydrogen-bond acceptors (Lipinski definition) is 6. The Morgan fingerprint density at radius 1 is 0.923 bits per heavy atom. The number of hydrogen-bond donors (Lipinski definition) is 0. The van der Waals surface area contributed by atoms with Gasteiger partial charge >= 0.3 is 159 Å². The fourth-order valence-corrected chi connectivity index (χ4v) is 5.50. The Kier molecular flexibility index (Phi) is 4.76. The molecule has 0 spiro atoms. The summed E-state index contributed by atoms with van der Waals surface area (Å²) in [5, 5.41) is 0.605. The molecular formula is C19H24O6Se. The van der Waals surface area contributed by atoms with Gasteiger partial charge in [0, 0.05) is 0 Å². The normalized spacial score (nSPS) is 37.2. The average molecular weight is 427 g/mol. The second-order valence-corrected chi connectivity index (χ2v) is 9.76. The predicted octanol–water partition coefficient (Wildman–Crippen LogP) is 2.35. The fraction of sp³-hybridized carbons (Fsp3) is 0.632. The first-order valence-corrected chi connectivity index (χ1v) is 10.9. The average Bonchev–Trinajstić information content (AvgIpc) is 3.07. The molecule has 0 unspecified atom stereocenters. The third-order valence-corrected chi connectivity index (χ3v) is 6.72. The maximum atomic E-state index is 12.5. The van der Waals surface area contributed by atoms with Crippen molar-refractivity contribution < 1.29 is 28.5 Å². The van der Waals surface area contributed by atoms with Crippen LogP contribution in [0.2, 0.25) is 5.32 Å². The molecule has 0 bridgehead atoms. The molecule has 3 aliphatic rings. The Balaban J connectivity index is 1.48. The molecule has 0 saturated carbocycles. The SMILES string of the molecule is CC1(C)O[C@H]2[C@@H](O1)[C@@H](C[Se]C(=O)c1ccccc1)O[C@@H]1OC(C)(C)O[C@@H]12. The zero-order valence-corrected chi connectivity index (χ0v) is 17.1. The molecule has 3 aliphatic heterocycles. The number of carbonyl (C=O) groups is 1. The van der Waals surface area contributed by atoms with Crippen molar-refractivity contribution in [2.45, 2.75) is 75.3 Å². The summed E-state index contributed by atoms with van der Waals surface area (Å²) in [4.78, 5) is 12.5. The maximum absolute atomic E-state index is 12.5. The Labute approximate surface area is 159 Å². The summed E-state index contributed by atoms with van der Waals surface area (Å²) in [7, 11) is 0. The molecule has 3 saturated heterocycles. The first kappa shape index (κ1) is 18.6. The van der Waals surface area contributed by atoms with E-state index in [4.69, 9.17) is 23.7 Å². The van der Waals surface area contributed by atoms with Crippen molar-refractivity contribution in [1.82, 2.24) is 0 Å². The molecule has 0 aromatic heterocycles. The molecule has 0 amide bonds. The molecule has 6 nitrogen and oxygen atoms in total. The van der Waals surface area contributed by atoms with Gasteiger partial charge in [-0.1, -0.05) is 0 Å². The van der Waals surface area contributed by atoms with Gasteiger partial charge in [-0.25, -0.2) is 0 Å². The zero-order valence-electron chi connectivity index (χ0n) is 15.3. The van der Waals surface area contributed by atoms with Crippen molar-refractivity contribution in [3.8, 4) is 0 Å². The van der Waals surface area contributed by atoms with Crippen LogP contribution in [0.25, 0.3) is 0 Å². The summed E-state index contributed by atoms with van der Waals surface area (Å²) < 4.78 is 30.4. The molecule has 3 heterocycles. The summed E-state index contributed by atoms with van der Waals surface area (Å²) >= 11 is -0.255. The second kappa shape index (κ2) is 6.67. The van der Waals surface area contributed by atoms with Crippen LogP contribution in [0.3, 0.4) is 0 Å². The number of carbonyl (C=O) groups excluding carboxylic acids is 1. The third-order valence-electron chi connectivity index (χ3n) is 4.64. The van der Waals surface area contributed by atoms with Gasteiger partial charge in [-0.15, -0.1) is 0 Å². The fourth-order valence-electron chi connectivity index (χ4n) is 3.64. The van der Waals surface area contributed by atoms with Crippen molar-refractivity contribution >= 4 is 19.6 Å². The van der Waals surface area contributed by atoms with Gasteiger partial charge in [0.15, 0.2) is 0 Å². The zero-order chi connectivity index (χ0) is 18.5. The molecule has 142 valence electrons. The molecule has 26 heavy (non-hydrogen) atoms. The van der Waals surface area contributed by atoms with E-state index in [-0.39, 0.29) is 44.1 Å². The first-order valence-electron chi connectivity index (χ1n) is 8.83. The van der Waals surface area contributed by atoms with Crippen molar-refractivity contribution in [3.05, 3.63) is 35.9 Å². The van der Waals surface area contributed by atoms with E-state index in [1.165, 1.54) is 0 Å². The number of fused-ring (bicyclic) bond motifs is 3. The standard InChI is InChI=1S/C19H24O6Se/c1-18(2)22-13-12(10-26-16(20)11-8-6-5-7-9-11)21-17-15(14(13)23-18)24-19(3,4)25-17/h5-9,12-15,17H,10H2,1-4H3/t12-,13+,14+,15-,17-/m1/s1. The van der Waals surface area contributed by atoms with E-state index in [1.807, 2.05) is 58.0 Å². The van der Waals surface area contributed by atoms with Crippen LogP contribution < -0.4 is 0 Å². The molecule has 0 aliphatic carbocycles. The molecule has 0 N–H and O–H groups in total. The van der Waals surface area contributed by atoms with Crippen LogP contribution in [0, 0.1) is 0 Å². The van der Waals surface area contributed by atoms with E-state index in [0.717, 1.165) is 5.56 Å². The van der Waals surface area contributed by atoms with Gasteiger partial charge in [-0.05, 0) is 0 Å². The van der Waals surface area contributed by atoms with Crippen LogP contribution in [0.4, 0.5) is 0 Å². The van der Waals surface area contributed by atoms with Crippen LogP contribution >= 0.6 is 0 Å². The molecule has 4 rings (SSSR count). The van der Waals surface area contributed by atoms with Gasteiger partial charge in [-0.3, -0.25) is 0 Å². The van der Waals surface area contributed by atoms with E-state index < -0.39 is 17.9 Å². The van der Waals surface area contributed by atoms with Gasteiger partial charge in [0.2, 0.25) is 0 Å². The summed E-state index contributed by atoms with van der Waals surface area (Å²) in [5.41, 5.74) is 0.739. The quantitative estimate of drug-likeness (QED) is 0.688. The van der Waals surface area contributed by atoms with E-state index in [2.05, 4.69) is 0 Å². The number of ether oxygens (including phenoxy) is 5. The number of benzene rings is 1. The van der Waals surface area contributed by atoms with Crippen LogP contribution in [0.15, 0.2) is 30.3 Å². The Morgan fingerprint density at radius 2 is 1.54 bits per heavy atom. The van der Waals surface area contributed by atoms with Gasteiger partial charge in [0.1, 0.15) is 0 Å². The Morgan fingerprint density at radius 3 is 2.27 bits per heavy atom. The minimum atomic E-state index is -0.726. The molecule has 1 aromatic carbocycles. The molecule has 3 fully saturated rings. The van der Waals surface area contributed by atoms with E-state index >= 15 is 0 Å². The predicted molar refractivity (Wildman–Crippen MR) is 93.9 cm³/mol. The third kappa shape index (κ3) is 3.62. The molecule has 5 atom stereocenters. The first-order chi connectivity index (χ1) is 12.2. The summed E-state index contributed by atoms with van der Waals surface area (Å²) in [6.07, 6.45) is -1.62. The van der Waals surface area contributed by atoms with Crippen molar-refractivity contribution in [2.24, 2.45) is 0 Å².